The van der Waals surface area contributed by atoms with Crippen molar-refractivity contribution in [1.82, 2.24) is 9.13 Å². The molecule has 2 rings (SSSR count). The van der Waals surface area contributed by atoms with Crippen LogP contribution in [0.1, 0.15) is 0 Å². The molecule has 0 unspecified atom stereocenters. The molecule has 3 nitrogen and oxygen atoms in total. The second-order valence-electron chi connectivity index (χ2n) is 2.87. The second-order valence-corrected chi connectivity index (χ2v) is 3.87. The predicted octanol–water partition coefficient (Wildman–Crippen LogP) is 2.51. The van der Waals surface area contributed by atoms with E-state index in [9.17, 15) is 4.79 Å². The molecule has 0 bridgehead atoms. The average molecular weight is 320 g/mol. The van der Waals surface area contributed by atoms with Crippen molar-refractivity contribution in [2.75, 3.05) is 0 Å². The maximum Gasteiger partial charge on any atom is 0.330 e. The average Bonchev–Trinajstić information content (AvgIpc) is 2.49. The first-order valence-corrected chi connectivity index (χ1v) is 6.34. The molecule has 74 valence electrons. The van der Waals surface area contributed by atoms with Gasteiger partial charge in [0.15, 0.2) is 0 Å². The largest absolute Gasteiger partial charge is 0.330 e. The van der Waals surface area contributed by atoms with Crippen LogP contribution in [0.25, 0.3) is 11.0 Å². The first kappa shape index (κ1) is 9.98. The molecule has 0 saturated heterocycles. The minimum atomic E-state index is -0.0000463. The molecule has 1 aromatic heterocycles. The number of aromatic nitrogens is 2. The zero-order chi connectivity index (χ0) is 10.1. The first-order valence-electron chi connectivity index (χ1n) is 4.09. The number of hydrogen-bond donors (Lipinski definition) is 0. The number of benzene rings is 1. The van der Waals surface area contributed by atoms with Crippen LogP contribution < -0.4 is 5.69 Å². The molecule has 0 aliphatic rings. The van der Waals surface area contributed by atoms with Crippen LogP contribution in [0.5, 0.6) is 0 Å². The van der Waals surface area contributed by atoms with E-state index in [-0.39, 0.29) is 5.69 Å². The van der Waals surface area contributed by atoms with Crippen molar-refractivity contribution < 1.29 is 0 Å². The highest BCUT2D eigenvalue weighted by Crippen LogP contribution is 2.14. The van der Waals surface area contributed by atoms with Crippen molar-refractivity contribution in [3.05, 3.63) is 34.7 Å². The fraction of sp³-hybridized carbons (Fsp3) is 0.222. The summed E-state index contributed by atoms with van der Waals surface area (Å²) in [7, 11) is 0. The Kier molecular flexibility index (Phi) is 2.78. The lowest BCUT2D eigenvalue weighted by Crippen LogP contribution is -2.21. The Morgan fingerprint density at radius 2 is 1.43 bits per heavy atom. The van der Waals surface area contributed by atoms with Crippen molar-refractivity contribution in [3.8, 4) is 0 Å². The van der Waals surface area contributed by atoms with Gasteiger partial charge in [-0.1, -0.05) is 44.0 Å². The maximum atomic E-state index is 11.8. The molecular formula is C9H8Br2N2O. The molecule has 1 heterocycles. The van der Waals surface area contributed by atoms with Crippen LogP contribution in [-0.4, -0.2) is 9.13 Å². The van der Waals surface area contributed by atoms with Crippen LogP contribution in [0.4, 0.5) is 0 Å². The van der Waals surface area contributed by atoms with Gasteiger partial charge in [-0.3, -0.25) is 9.13 Å². The van der Waals surface area contributed by atoms with Gasteiger partial charge in [-0.25, -0.2) is 4.79 Å². The molecule has 0 amide bonds. The van der Waals surface area contributed by atoms with Gasteiger partial charge in [-0.2, -0.15) is 0 Å². The lowest BCUT2D eigenvalue weighted by atomic mass is 10.3. The summed E-state index contributed by atoms with van der Waals surface area (Å²) in [6.07, 6.45) is 0. The van der Waals surface area contributed by atoms with Crippen LogP contribution in [0, 0.1) is 0 Å². The normalized spacial score (nSPS) is 11.0. The van der Waals surface area contributed by atoms with Crippen LogP contribution >= 0.6 is 31.9 Å². The summed E-state index contributed by atoms with van der Waals surface area (Å²) >= 11 is 6.61. The van der Waals surface area contributed by atoms with Crippen molar-refractivity contribution in [2.24, 2.45) is 0 Å². The van der Waals surface area contributed by atoms with E-state index in [0.717, 1.165) is 11.0 Å². The van der Waals surface area contributed by atoms with Gasteiger partial charge in [0.05, 0.1) is 21.9 Å². The lowest BCUT2D eigenvalue weighted by Gasteiger charge is -1.94. The number of hydrogen-bond acceptors (Lipinski definition) is 1. The van der Waals surface area contributed by atoms with Gasteiger partial charge >= 0.3 is 5.69 Å². The smallest absolute Gasteiger partial charge is 0.281 e. The topological polar surface area (TPSA) is 26.9 Å². The third kappa shape index (κ3) is 1.35. The van der Waals surface area contributed by atoms with Gasteiger partial charge in [-0.15, -0.1) is 0 Å². The standard InChI is InChI=1S/C9H8Br2N2O/c10-5-12-7-3-1-2-4-8(7)13(6-11)9(12)14/h1-4H,5-6H2. The number of halogens is 2. The summed E-state index contributed by atoms with van der Waals surface area (Å²) in [5, 5.41) is 0. The zero-order valence-electron chi connectivity index (χ0n) is 7.28. The summed E-state index contributed by atoms with van der Waals surface area (Å²) < 4.78 is 3.38. The highest BCUT2D eigenvalue weighted by atomic mass is 79.9. The SMILES string of the molecule is O=c1n(CBr)c2ccccc2n1CBr. The fourth-order valence-electron chi connectivity index (χ4n) is 1.50. The Bertz CT molecular complexity index is 471. The van der Waals surface area contributed by atoms with Crippen LogP contribution in [0.3, 0.4) is 0 Å². The van der Waals surface area contributed by atoms with Gasteiger partial charge in [0, 0.05) is 0 Å². The van der Waals surface area contributed by atoms with Crippen molar-refractivity contribution in [3.63, 3.8) is 0 Å². The molecule has 14 heavy (non-hydrogen) atoms. The Morgan fingerprint density at radius 3 is 1.79 bits per heavy atom. The van der Waals surface area contributed by atoms with E-state index in [2.05, 4.69) is 31.9 Å². The van der Waals surface area contributed by atoms with Gasteiger partial charge in [-0.05, 0) is 12.1 Å². The van der Waals surface area contributed by atoms with Crippen molar-refractivity contribution >= 4 is 42.9 Å². The molecule has 1 aromatic carbocycles. The van der Waals surface area contributed by atoms with Crippen molar-refractivity contribution in [1.29, 1.82) is 0 Å². The van der Waals surface area contributed by atoms with Gasteiger partial charge in [0.2, 0.25) is 0 Å². The Labute approximate surface area is 97.6 Å². The molecule has 0 radical (unpaired) electrons. The highest BCUT2D eigenvalue weighted by molar-refractivity contribution is 9.08. The minimum Gasteiger partial charge on any atom is -0.281 e. The molecule has 2 aromatic rings. The summed E-state index contributed by atoms with van der Waals surface area (Å²) in [6, 6.07) is 7.74. The molecular weight excluding hydrogens is 312 g/mol. The van der Waals surface area contributed by atoms with Crippen LogP contribution in [0.2, 0.25) is 0 Å². The number of fused-ring (bicyclic) bond motifs is 1. The van der Waals surface area contributed by atoms with E-state index in [1.54, 1.807) is 9.13 Å². The summed E-state index contributed by atoms with van der Waals surface area (Å²) in [5.74, 6) is 0. The molecule has 0 N–H and O–H groups in total. The predicted molar refractivity (Wildman–Crippen MR) is 64.1 cm³/mol. The number of alkyl halides is 2. The van der Waals surface area contributed by atoms with Gasteiger partial charge < -0.3 is 0 Å². The van der Waals surface area contributed by atoms with Crippen LogP contribution in [0.15, 0.2) is 29.1 Å². The number of para-hydroxylation sites is 2. The summed E-state index contributed by atoms with van der Waals surface area (Å²) in [5.41, 5.74) is 2.95. The van der Waals surface area contributed by atoms with E-state index in [1.807, 2.05) is 24.3 Å². The molecule has 0 spiro atoms. The van der Waals surface area contributed by atoms with E-state index >= 15 is 0 Å². The van der Waals surface area contributed by atoms with Crippen LogP contribution in [-0.2, 0) is 10.9 Å². The Balaban J connectivity index is 2.92. The Hall–Kier alpha value is -0.550. The van der Waals surface area contributed by atoms with E-state index in [4.69, 9.17) is 0 Å². The van der Waals surface area contributed by atoms with Crippen molar-refractivity contribution in [2.45, 2.75) is 10.9 Å². The quantitative estimate of drug-likeness (QED) is 0.781. The molecule has 0 aliphatic heterocycles. The third-order valence-electron chi connectivity index (χ3n) is 2.16. The zero-order valence-corrected chi connectivity index (χ0v) is 10.5. The molecule has 0 fully saturated rings. The number of rotatable bonds is 2. The first-order chi connectivity index (χ1) is 6.79. The molecule has 5 heteroatoms. The van der Waals surface area contributed by atoms with E-state index < -0.39 is 0 Å². The maximum absolute atomic E-state index is 11.8. The molecule has 0 saturated carbocycles. The monoisotopic (exact) mass is 318 g/mol. The van der Waals surface area contributed by atoms with E-state index in [0.29, 0.717) is 10.9 Å². The fourth-order valence-corrected chi connectivity index (χ4v) is 2.47. The van der Waals surface area contributed by atoms with Gasteiger partial charge in [0.25, 0.3) is 0 Å². The van der Waals surface area contributed by atoms with E-state index in [1.165, 1.54) is 0 Å². The molecule has 0 aliphatic carbocycles. The number of nitrogens with zero attached hydrogens (tertiary/aromatic N) is 2. The third-order valence-corrected chi connectivity index (χ3v) is 3.17. The second kappa shape index (κ2) is 3.90. The summed E-state index contributed by atoms with van der Waals surface area (Å²) in [4.78, 5) is 11.8. The Morgan fingerprint density at radius 1 is 1.00 bits per heavy atom. The molecule has 0 atom stereocenters. The van der Waals surface area contributed by atoms with Gasteiger partial charge in [0.1, 0.15) is 0 Å². The lowest BCUT2D eigenvalue weighted by molar-refractivity contribution is 0.785. The highest BCUT2D eigenvalue weighted by Gasteiger charge is 2.09. The summed E-state index contributed by atoms with van der Waals surface area (Å²) in [6.45, 7) is 0. The minimum absolute atomic E-state index is 0.0000463. The number of imidazole rings is 1.